The van der Waals surface area contributed by atoms with Gasteiger partial charge >= 0.3 is 5.97 Å². The Morgan fingerprint density at radius 1 is 1.03 bits per heavy atom. The molecule has 1 heterocycles. The SMILES string of the molecule is COc1ccccc1OCC(=O)N/N=C\c1cccc(OC(=O)c2sc3ccccc3c2Cl)c1. The van der Waals surface area contributed by atoms with Crippen LogP contribution in [0, 0.1) is 0 Å². The summed E-state index contributed by atoms with van der Waals surface area (Å²) < 4.78 is 17.0. The van der Waals surface area contributed by atoms with Crippen LogP contribution in [0.1, 0.15) is 15.2 Å². The van der Waals surface area contributed by atoms with Gasteiger partial charge in [-0.05, 0) is 35.9 Å². The molecular formula is C25H19ClN2O5S. The Labute approximate surface area is 204 Å². The fraction of sp³-hybridized carbons (Fsp3) is 0.0800. The molecule has 1 aromatic heterocycles. The number of ether oxygens (including phenoxy) is 3. The maximum absolute atomic E-state index is 12.6. The average Bonchev–Trinajstić information content (AvgIpc) is 3.20. The molecule has 4 aromatic rings. The van der Waals surface area contributed by atoms with Crippen molar-refractivity contribution >= 4 is 51.1 Å². The van der Waals surface area contributed by atoms with Crippen molar-refractivity contribution in [3.05, 3.63) is 88.3 Å². The molecule has 0 spiro atoms. The summed E-state index contributed by atoms with van der Waals surface area (Å²) in [6.45, 7) is -0.231. The Hall–Kier alpha value is -3.88. The van der Waals surface area contributed by atoms with E-state index in [0.717, 1.165) is 10.1 Å². The van der Waals surface area contributed by atoms with Crippen LogP contribution in [0.4, 0.5) is 0 Å². The number of hydrogen-bond donors (Lipinski definition) is 1. The second kappa shape index (κ2) is 10.8. The lowest BCUT2D eigenvalue weighted by atomic mass is 10.2. The normalized spacial score (nSPS) is 10.9. The number of amides is 1. The van der Waals surface area contributed by atoms with E-state index in [2.05, 4.69) is 10.5 Å². The summed E-state index contributed by atoms with van der Waals surface area (Å²) in [5.41, 5.74) is 3.01. The number of nitrogens with zero attached hydrogens (tertiary/aromatic N) is 1. The minimum absolute atomic E-state index is 0.231. The molecule has 0 aliphatic rings. The van der Waals surface area contributed by atoms with Gasteiger partial charge in [0.2, 0.25) is 0 Å². The molecule has 0 saturated carbocycles. The topological polar surface area (TPSA) is 86.2 Å². The lowest BCUT2D eigenvalue weighted by Gasteiger charge is -2.09. The van der Waals surface area contributed by atoms with Crippen LogP contribution in [-0.2, 0) is 4.79 Å². The van der Waals surface area contributed by atoms with Crippen LogP contribution >= 0.6 is 22.9 Å². The van der Waals surface area contributed by atoms with E-state index < -0.39 is 11.9 Å². The number of para-hydroxylation sites is 2. The predicted molar refractivity (Wildman–Crippen MR) is 132 cm³/mol. The van der Waals surface area contributed by atoms with E-state index in [9.17, 15) is 9.59 Å². The van der Waals surface area contributed by atoms with Gasteiger partial charge in [-0.15, -0.1) is 11.3 Å². The maximum atomic E-state index is 12.6. The van der Waals surface area contributed by atoms with Gasteiger partial charge in [-0.25, -0.2) is 10.2 Å². The number of nitrogens with one attached hydrogen (secondary N) is 1. The van der Waals surface area contributed by atoms with Gasteiger partial charge in [0, 0.05) is 10.1 Å². The molecule has 9 heteroatoms. The van der Waals surface area contributed by atoms with Crippen LogP contribution in [0.2, 0.25) is 5.02 Å². The molecule has 34 heavy (non-hydrogen) atoms. The quantitative estimate of drug-likeness (QED) is 0.155. The minimum Gasteiger partial charge on any atom is -0.493 e. The molecule has 1 amide bonds. The molecule has 0 fully saturated rings. The summed E-state index contributed by atoms with van der Waals surface area (Å²) >= 11 is 7.64. The van der Waals surface area contributed by atoms with Crippen molar-refractivity contribution in [2.24, 2.45) is 5.10 Å². The number of hydrazone groups is 1. The molecule has 0 bridgehead atoms. The maximum Gasteiger partial charge on any atom is 0.355 e. The van der Waals surface area contributed by atoms with Gasteiger partial charge in [0.05, 0.1) is 18.3 Å². The molecule has 0 aliphatic heterocycles. The molecule has 0 saturated heterocycles. The molecule has 0 aliphatic carbocycles. The second-order valence-corrected chi connectivity index (χ2v) is 8.37. The number of rotatable bonds is 8. The van der Waals surface area contributed by atoms with Crippen molar-refractivity contribution in [3.63, 3.8) is 0 Å². The third kappa shape index (κ3) is 5.54. The number of carbonyl (C=O) groups is 2. The van der Waals surface area contributed by atoms with Crippen LogP contribution in [0.15, 0.2) is 77.9 Å². The standard InChI is InChI=1S/C25H19ClN2O5S/c1-31-19-10-3-4-11-20(19)32-15-22(29)28-27-14-16-7-6-8-17(13-16)33-25(30)24-23(26)18-9-2-5-12-21(18)34-24/h2-14H,15H2,1H3,(H,28,29)/b27-14-. The summed E-state index contributed by atoms with van der Waals surface area (Å²) in [7, 11) is 1.52. The first-order chi connectivity index (χ1) is 16.5. The van der Waals surface area contributed by atoms with Gasteiger partial charge in [-0.1, -0.05) is 54.1 Å². The summed E-state index contributed by atoms with van der Waals surface area (Å²) in [4.78, 5) is 25.0. The highest BCUT2D eigenvalue weighted by molar-refractivity contribution is 7.21. The van der Waals surface area contributed by atoms with Gasteiger partial charge in [-0.2, -0.15) is 5.10 Å². The van der Waals surface area contributed by atoms with E-state index in [0.29, 0.717) is 32.7 Å². The first-order valence-corrected chi connectivity index (χ1v) is 11.3. The van der Waals surface area contributed by atoms with Crippen LogP contribution < -0.4 is 19.6 Å². The first-order valence-electron chi connectivity index (χ1n) is 10.1. The molecule has 7 nitrogen and oxygen atoms in total. The zero-order valence-corrected chi connectivity index (χ0v) is 19.6. The lowest BCUT2D eigenvalue weighted by Crippen LogP contribution is -2.24. The molecule has 172 valence electrons. The van der Waals surface area contributed by atoms with Gasteiger partial charge in [0.25, 0.3) is 5.91 Å². The highest BCUT2D eigenvalue weighted by atomic mass is 35.5. The zero-order chi connectivity index (χ0) is 23.9. The van der Waals surface area contributed by atoms with Crippen molar-refractivity contribution in [1.82, 2.24) is 5.43 Å². The van der Waals surface area contributed by atoms with E-state index in [1.54, 1.807) is 48.5 Å². The molecular weight excluding hydrogens is 476 g/mol. The van der Waals surface area contributed by atoms with E-state index in [-0.39, 0.29) is 6.61 Å². The van der Waals surface area contributed by atoms with Gasteiger partial charge in [-0.3, -0.25) is 4.79 Å². The third-order valence-corrected chi connectivity index (χ3v) is 6.28. The van der Waals surface area contributed by atoms with Crippen molar-refractivity contribution in [1.29, 1.82) is 0 Å². The Balaban J connectivity index is 1.34. The van der Waals surface area contributed by atoms with Gasteiger partial charge < -0.3 is 14.2 Å². The second-order valence-electron chi connectivity index (χ2n) is 6.94. The number of fused-ring (bicyclic) bond motifs is 1. The fourth-order valence-electron chi connectivity index (χ4n) is 3.05. The van der Waals surface area contributed by atoms with Crippen molar-refractivity contribution in [3.8, 4) is 17.2 Å². The Morgan fingerprint density at radius 3 is 2.59 bits per heavy atom. The van der Waals surface area contributed by atoms with Crippen LogP contribution in [0.3, 0.4) is 0 Å². The molecule has 4 rings (SSSR count). The number of benzene rings is 3. The van der Waals surface area contributed by atoms with Crippen LogP contribution in [0.25, 0.3) is 10.1 Å². The number of esters is 1. The van der Waals surface area contributed by atoms with E-state index in [4.69, 9.17) is 25.8 Å². The summed E-state index contributed by atoms with van der Waals surface area (Å²) in [5, 5.41) is 5.11. The van der Waals surface area contributed by atoms with Crippen molar-refractivity contribution < 1.29 is 23.8 Å². The third-order valence-electron chi connectivity index (χ3n) is 4.62. The highest BCUT2D eigenvalue weighted by Crippen LogP contribution is 2.35. The number of hydrogen-bond acceptors (Lipinski definition) is 7. The van der Waals surface area contributed by atoms with Crippen molar-refractivity contribution in [2.75, 3.05) is 13.7 Å². The number of halogens is 1. The summed E-state index contributed by atoms with van der Waals surface area (Å²) in [5.74, 6) is 0.332. The Bertz CT molecular complexity index is 1370. The summed E-state index contributed by atoms with van der Waals surface area (Å²) in [6, 6.07) is 21.3. The van der Waals surface area contributed by atoms with E-state index >= 15 is 0 Å². The average molecular weight is 495 g/mol. The molecule has 3 aromatic carbocycles. The fourth-order valence-corrected chi connectivity index (χ4v) is 4.43. The van der Waals surface area contributed by atoms with Gasteiger partial charge in [0.1, 0.15) is 10.6 Å². The van der Waals surface area contributed by atoms with Gasteiger partial charge in [0.15, 0.2) is 18.1 Å². The number of carbonyl (C=O) groups excluding carboxylic acids is 2. The van der Waals surface area contributed by atoms with E-state index in [1.807, 2.05) is 24.3 Å². The Morgan fingerprint density at radius 2 is 1.79 bits per heavy atom. The number of methoxy groups -OCH3 is 1. The smallest absolute Gasteiger partial charge is 0.355 e. The molecule has 1 N–H and O–H groups in total. The Kier molecular flexibility index (Phi) is 7.41. The minimum atomic E-state index is -0.540. The first kappa shape index (κ1) is 23.3. The molecule has 0 radical (unpaired) electrons. The molecule has 0 unspecified atom stereocenters. The zero-order valence-electron chi connectivity index (χ0n) is 18.0. The molecule has 0 atom stereocenters. The monoisotopic (exact) mass is 494 g/mol. The van der Waals surface area contributed by atoms with Crippen LogP contribution in [-0.4, -0.2) is 31.8 Å². The lowest BCUT2D eigenvalue weighted by molar-refractivity contribution is -0.123. The van der Waals surface area contributed by atoms with E-state index in [1.165, 1.54) is 24.7 Å². The summed E-state index contributed by atoms with van der Waals surface area (Å²) in [6.07, 6.45) is 1.44. The number of thiophene rings is 1. The highest BCUT2D eigenvalue weighted by Gasteiger charge is 2.19. The van der Waals surface area contributed by atoms with Crippen LogP contribution in [0.5, 0.6) is 17.2 Å². The largest absolute Gasteiger partial charge is 0.493 e. The van der Waals surface area contributed by atoms with Crippen molar-refractivity contribution in [2.45, 2.75) is 0 Å². The predicted octanol–water partition coefficient (Wildman–Crippen LogP) is 5.31.